The quantitative estimate of drug-likeness (QED) is 0.853. The number of H-pyrrole nitrogens is 1. The third-order valence-corrected chi connectivity index (χ3v) is 4.60. The van der Waals surface area contributed by atoms with Crippen LogP contribution in [0, 0.1) is 0 Å². The standard InChI is InChI=1S/C17H17N3O2/c1-2-7-19-10-16(21)20-9-14-12(8-15(20)17(19)22)11-5-3-4-6-13(11)18-14/h2-6,15,18H,1,7-10H2/t15-/m0/s1. The first kappa shape index (κ1) is 13.1. The molecule has 22 heavy (non-hydrogen) atoms. The lowest BCUT2D eigenvalue weighted by atomic mass is 9.94. The Morgan fingerprint density at radius 1 is 1.27 bits per heavy atom. The molecule has 5 nitrogen and oxygen atoms in total. The van der Waals surface area contributed by atoms with Gasteiger partial charge in [0.1, 0.15) is 12.6 Å². The summed E-state index contributed by atoms with van der Waals surface area (Å²) >= 11 is 0. The number of nitrogens with one attached hydrogen (secondary N) is 1. The highest BCUT2D eigenvalue weighted by atomic mass is 16.2. The van der Waals surface area contributed by atoms with Crippen molar-refractivity contribution in [2.24, 2.45) is 0 Å². The topological polar surface area (TPSA) is 56.4 Å². The zero-order valence-electron chi connectivity index (χ0n) is 12.2. The van der Waals surface area contributed by atoms with Gasteiger partial charge in [0.25, 0.3) is 0 Å². The molecule has 2 amide bonds. The summed E-state index contributed by atoms with van der Waals surface area (Å²) in [5, 5.41) is 1.15. The van der Waals surface area contributed by atoms with E-state index < -0.39 is 0 Å². The minimum absolute atomic E-state index is 0.00996. The molecule has 112 valence electrons. The van der Waals surface area contributed by atoms with Gasteiger partial charge in [0, 0.05) is 29.6 Å². The number of piperazine rings is 1. The smallest absolute Gasteiger partial charge is 0.246 e. The first-order valence-corrected chi connectivity index (χ1v) is 7.46. The lowest BCUT2D eigenvalue weighted by Gasteiger charge is -2.42. The van der Waals surface area contributed by atoms with Gasteiger partial charge >= 0.3 is 0 Å². The molecular weight excluding hydrogens is 278 g/mol. The van der Waals surface area contributed by atoms with Gasteiger partial charge in [-0.3, -0.25) is 9.59 Å². The molecule has 0 bridgehead atoms. The molecule has 1 fully saturated rings. The average molecular weight is 295 g/mol. The largest absolute Gasteiger partial charge is 0.357 e. The molecule has 1 N–H and O–H groups in total. The van der Waals surface area contributed by atoms with E-state index in [1.807, 2.05) is 18.2 Å². The summed E-state index contributed by atoms with van der Waals surface area (Å²) in [6.07, 6.45) is 2.25. The van der Waals surface area contributed by atoms with E-state index in [2.05, 4.69) is 17.6 Å². The van der Waals surface area contributed by atoms with Gasteiger partial charge in [0.15, 0.2) is 0 Å². The zero-order chi connectivity index (χ0) is 15.3. The zero-order valence-corrected chi connectivity index (χ0v) is 12.2. The highest BCUT2D eigenvalue weighted by Crippen LogP contribution is 2.32. The number of hydrogen-bond acceptors (Lipinski definition) is 2. The summed E-state index contributed by atoms with van der Waals surface area (Å²) in [7, 11) is 0. The number of carbonyl (C=O) groups is 2. The van der Waals surface area contributed by atoms with Crippen molar-refractivity contribution in [1.29, 1.82) is 0 Å². The van der Waals surface area contributed by atoms with Crippen LogP contribution in [-0.4, -0.2) is 45.7 Å². The van der Waals surface area contributed by atoms with E-state index in [1.54, 1.807) is 15.9 Å². The van der Waals surface area contributed by atoms with Crippen molar-refractivity contribution in [3.8, 4) is 0 Å². The predicted molar refractivity (Wildman–Crippen MR) is 83.1 cm³/mol. The summed E-state index contributed by atoms with van der Waals surface area (Å²) < 4.78 is 0. The van der Waals surface area contributed by atoms with Crippen molar-refractivity contribution >= 4 is 22.7 Å². The number of aromatic amines is 1. The number of benzene rings is 1. The first-order valence-electron chi connectivity index (χ1n) is 7.46. The maximum atomic E-state index is 12.6. The van der Waals surface area contributed by atoms with E-state index in [1.165, 1.54) is 5.56 Å². The Hall–Kier alpha value is -2.56. The van der Waals surface area contributed by atoms with E-state index >= 15 is 0 Å². The second-order valence-corrected chi connectivity index (χ2v) is 5.88. The maximum Gasteiger partial charge on any atom is 0.246 e. The molecule has 0 spiro atoms. The number of nitrogens with zero attached hydrogens (tertiary/aromatic N) is 2. The Morgan fingerprint density at radius 2 is 2.09 bits per heavy atom. The second kappa shape index (κ2) is 4.73. The number of aromatic nitrogens is 1. The lowest BCUT2D eigenvalue weighted by Crippen LogP contribution is -2.61. The van der Waals surface area contributed by atoms with Crippen LogP contribution in [0.2, 0.25) is 0 Å². The molecule has 0 aliphatic carbocycles. The molecule has 0 radical (unpaired) electrons. The third-order valence-electron chi connectivity index (χ3n) is 4.60. The molecule has 2 aliphatic heterocycles. The fourth-order valence-corrected chi connectivity index (χ4v) is 3.54. The highest BCUT2D eigenvalue weighted by molar-refractivity contribution is 5.96. The van der Waals surface area contributed by atoms with Crippen LogP contribution in [-0.2, 0) is 22.6 Å². The van der Waals surface area contributed by atoms with Crippen LogP contribution < -0.4 is 0 Å². The van der Waals surface area contributed by atoms with Gasteiger partial charge in [-0.15, -0.1) is 6.58 Å². The van der Waals surface area contributed by atoms with Crippen LogP contribution >= 0.6 is 0 Å². The monoisotopic (exact) mass is 295 g/mol. The molecule has 1 atom stereocenters. The molecule has 2 aliphatic rings. The van der Waals surface area contributed by atoms with Crippen molar-refractivity contribution < 1.29 is 9.59 Å². The van der Waals surface area contributed by atoms with Crippen LogP contribution in [0.3, 0.4) is 0 Å². The molecule has 5 heteroatoms. The maximum absolute atomic E-state index is 12.6. The van der Waals surface area contributed by atoms with Crippen LogP contribution in [0.15, 0.2) is 36.9 Å². The van der Waals surface area contributed by atoms with Gasteiger partial charge in [0.2, 0.25) is 11.8 Å². The number of fused-ring (bicyclic) bond motifs is 4. The predicted octanol–water partition coefficient (Wildman–Crippen LogP) is 1.45. The molecule has 0 saturated carbocycles. The van der Waals surface area contributed by atoms with Crippen molar-refractivity contribution in [3.05, 3.63) is 48.2 Å². The van der Waals surface area contributed by atoms with Gasteiger partial charge in [-0.05, 0) is 11.6 Å². The Morgan fingerprint density at radius 3 is 2.91 bits per heavy atom. The van der Waals surface area contributed by atoms with Crippen LogP contribution in [0.4, 0.5) is 0 Å². The van der Waals surface area contributed by atoms with E-state index in [-0.39, 0.29) is 24.4 Å². The second-order valence-electron chi connectivity index (χ2n) is 5.88. The van der Waals surface area contributed by atoms with Crippen molar-refractivity contribution in [2.45, 2.75) is 19.0 Å². The van der Waals surface area contributed by atoms with Gasteiger partial charge < -0.3 is 14.8 Å². The van der Waals surface area contributed by atoms with E-state index in [4.69, 9.17) is 0 Å². The van der Waals surface area contributed by atoms with E-state index in [0.717, 1.165) is 16.6 Å². The highest BCUT2D eigenvalue weighted by Gasteiger charge is 2.42. The minimum atomic E-state index is -0.382. The van der Waals surface area contributed by atoms with Crippen molar-refractivity contribution in [2.75, 3.05) is 13.1 Å². The summed E-state index contributed by atoms with van der Waals surface area (Å²) in [6.45, 7) is 4.73. The molecular formula is C17H17N3O2. The van der Waals surface area contributed by atoms with Crippen LogP contribution in [0.5, 0.6) is 0 Å². The summed E-state index contributed by atoms with van der Waals surface area (Å²) in [5.41, 5.74) is 3.28. The molecule has 0 unspecified atom stereocenters. The lowest BCUT2D eigenvalue weighted by molar-refractivity contribution is -0.156. The average Bonchev–Trinajstić information content (AvgIpc) is 2.89. The first-order chi connectivity index (χ1) is 10.7. The fraction of sp³-hybridized carbons (Fsp3) is 0.294. The number of para-hydroxylation sites is 1. The Bertz CT molecular complexity index is 792. The summed E-state index contributed by atoms with van der Waals surface area (Å²) in [5.74, 6) is 0.0335. The number of amides is 2. The molecule has 1 saturated heterocycles. The molecule has 3 heterocycles. The third kappa shape index (κ3) is 1.78. The SMILES string of the molecule is C=CCN1CC(=O)N2Cc3[nH]c4ccccc4c3C[C@H]2C1=O. The van der Waals surface area contributed by atoms with Crippen molar-refractivity contribution in [3.63, 3.8) is 0 Å². The van der Waals surface area contributed by atoms with Crippen LogP contribution in [0.25, 0.3) is 10.9 Å². The van der Waals surface area contributed by atoms with Crippen molar-refractivity contribution in [1.82, 2.24) is 14.8 Å². The molecule has 1 aromatic heterocycles. The Kier molecular flexibility index (Phi) is 2.82. The minimum Gasteiger partial charge on any atom is -0.357 e. The summed E-state index contributed by atoms with van der Waals surface area (Å²) in [4.78, 5) is 31.7. The fourth-order valence-electron chi connectivity index (χ4n) is 3.54. The van der Waals surface area contributed by atoms with Gasteiger partial charge in [0.05, 0.1) is 6.54 Å². The number of carbonyl (C=O) groups excluding carboxylic acids is 2. The van der Waals surface area contributed by atoms with Crippen LogP contribution in [0.1, 0.15) is 11.3 Å². The normalized spacial score (nSPS) is 21.0. The summed E-state index contributed by atoms with van der Waals surface area (Å²) in [6, 6.07) is 7.70. The van der Waals surface area contributed by atoms with Gasteiger partial charge in [-0.1, -0.05) is 24.3 Å². The number of rotatable bonds is 2. The Balaban J connectivity index is 1.76. The molecule has 1 aromatic carbocycles. The van der Waals surface area contributed by atoms with Gasteiger partial charge in [-0.25, -0.2) is 0 Å². The molecule has 4 rings (SSSR count). The Labute approximate surface area is 128 Å². The van der Waals surface area contributed by atoms with E-state index in [0.29, 0.717) is 19.5 Å². The van der Waals surface area contributed by atoms with Gasteiger partial charge in [-0.2, -0.15) is 0 Å². The number of hydrogen-bond donors (Lipinski definition) is 1. The molecule has 2 aromatic rings. The van der Waals surface area contributed by atoms with E-state index in [9.17, 15) is 9.59 Å².